The van der Waals surface area contributed by atoms with Crippen molar-refractivity contribution in [2.24, 2.45) is 11.3 Å². The van der Waals surface area contributed by atoms with Crippen LogP contribution in [0.15, 0.2) is 36.7 Å². The number of piperidine rings is 2. The van der Waals surface area contributed by atoms with E-state index in [2.05, 4.69) is 38.8 Å². The smallest absolute Gasteiger partial charge is 0.256 e. The number of carbonyl (C=O) groups excluding carboxylic acids is 2. The van der Waals surface area contributed by atoms with Gasteiger partial charge in [0.05, 0.1) is 22.8 Å². The van der Waals surface area contributed by atoms with Gasteiger partial charge in [-0.3, -0.25) is 9.59 Å². The van der Waals surface area contributed by atoms with E-state index in [0.717, 1.165) is 62.8 Å². The summed E-state index contributed by atoms with van der Waals surface area (Å²) in [5.74, 6) is 0.719. The van der Waals surface area contributed by atoms with E-state index in [-0.39, 0.29) is 23.3 Å². The number of nitrogens with one attached hydrogen (secondary N) is 1. The maximum atomic E-state index is 13.4. The number of rotatable bonds is 2. The predicted octanol–water partition coefficient (Wildman–Crippen LogP) is 3.37. The van der Waals surface area contributed by atoms with Crippen molar-refractivity contribution < 1.29 is 9.59 Å². The number of amides is 2. The van der Waals surface area contributed by atoms with Crippen molar-refractivity contribution in [3.05, 3.63) is 42.2 Å². The molecule has 2 aliphatic heterocycles. The number of benzene rings is 1. The highest BCUT2D eigenvalue weighted by Crippen LogP contribution is 2.38. The first kappa shape index (κ1) is 18.4. The van der Waals surface area contributed by atoms with Gasteiger partial charge in [-0.05, 0) is 50.2 Å². The summed E-state index contributed by atoms with van der Waals surface area (Å²) >= 11 is 0. The first-order chi connectivity index (χ1) is 14.1. The Bertz CT molecular complexity index is 970. The zero-order valence-electron chi connectivity index (χ0n) is 16.9. The topological polar surface area (TPSA) is 69.3 Å². The van der Waals surface area contributed by atoms with E-state index in [1.54, 1.807) is 6.33 Å². The number of aromatic amines is 1. The zero-order valence-corrected chi connectivity index (χ0v) is 16.9. The number of nitrogens with zero attached hydrogens (tertiary/aromatic N) is 3. The molecule has 1 N–H and O–H groups in total. The molecule has 2 saturated heterocycles. The second-order valence-electron chi connectivity index (χ2n) is 9.05. The number of carbonyl (C=O) groups is 2. The molecular formula is C23H28N4O2. The Labute approximate surface area is 171 Å². The van der Waals surface area contributed by atoms with Gasteiger partial charge in [-0.2, -0.15) is 0 Å². The normalized spacial score (nSPS) is 26.0. The van der Waals surface area contributed by atoms with E-state index < -0.39 is 0 Å². The van der Waals surface area contributed by atoms with E-state index in [9.17, 15) is 9.59 Å². The Hall–Kier alpha value is -2.63. The second-order valence-corrected chi connectivity index (χ2v) is 9.05. The molecule has 0 radical (unpaired) electrons. The standard InChI is InChI=1S/C23H28N4O2/c1-23(10-2-3-11-23)22(29)26-13-9-19-16(14-26)6-5-12-27(19)21(28)17-7-4-8-18-20(17)25-15-24-18/h2-4,7-8,15-16,19H,5-6,9-14H2,1H3,(H,24,25). The predicted molar refractivity (Wildman–Crippen MR) is 111 cm³/mol. The third-order valence-electron chi connectivity index (χ3n) is 7.12. The summed E-state index contributed by atoms with van der Waals surface area (Å²) in [6.45, 7) is 4.39. The molecule has 152 valence electrons. The number of hydrogen-bond donors (Lipinski definition) is 1. The van der Waals surface area contributed by atoms with Crippen LogP contribution >= 0.6 is 0 Å². The van der Waals surface area contributed by atoms with Gasteiger partial charge in [0, 0.05) is 25.7 Å². The molecule has 3 heterocycles. The van der Waals surface area contributed by atoms with Gasteiger partial charge in [0.15, 0.2) is 0 Å². The Morgan fingerprint density at radius 2 is 2.00 bits per heavy atom. The Morgan fingerprint density at radius 1 is 1.17 bits per heavy atom. The van der Waals surface area contributed by atoms with Crippen molar-refractivity contribution in [1.29, 1.82) is 0 Å². The van der Waals surface area contributed by atoms with Crippen LogP contribution in [0.25, 0.3) is 11.0 Å². The third-order valence-corrected chi connectivity index (χ3v) is 7.12. The Morgan fingerprint density at radius 3 is 2.83 bits per heavy atom. The summed E-state index contributed by atoms with van der Waals surface area (Å²) in [6.07, 6.45) is 10.5. The molecular weight excluding hydrogens is 364 g/mol. The molecule has 1 aromatic heterocycles. The van der Waals surface area contributed by atoms with Gasteiger partial charge in [0.25, 0.3) is 5.91 Å². The molecule has 2 amide bonds. The summed E-state index contributed by atoms with van der Waals surface area (Å²) in [4.78, 5) is 38.1. The number of imidazole rings is 1. The number of allylic oxidation sites excluding steroid dienone is 2. The highest BCUT2D eigenvalue weighted by molar-refractivity contribution is 6.05. The number of likely N-dealkylation sites (tertiary alicyclic amines) is 2. The lowest BCUT2D eigenvalue weighted by atomic mass is 9.81. The maximum Gasteiger partial charge on any atom is 0.256 e. The average molecular weight is 393 g/mol. The average Bonchev–Trinajstić information content (AvgIpc) is 3.41. The van der Waals surface area contributed by atoms with Crippen molar-refractivity contribution in [3.8, 4) is 0 Å². The van der Waals surface area contributed by atoms with Crippen molar-refractivity contribution in [2.75, 3.05) is 19.6 Å². The molecule has 2 aromatic rings. The first-order valence-electron chi connectivity index (χ1n) is 10.7. The minimum absolute atomic E-state index is 0.0733. The minimum atomic E-state index is -0.271. The van der Waals surface area contributed by atoms with E-state index in [4.69, 9.17) is 0 Å². The van der Waals surface area contributed by atoms with Gasteiger partial charge in [-0.1, -0.05) is 25.1 Å². The van der Waals surface area contributed by atoms with E-state index >= 15 is 0 Å². The summed E-state index contributed by atoms with van der Waals surface area (Å²) in [5, 5.41) is 0. The van der Waals surface area contributed by atoms with Crippen molar-refractivity contribution >= 4 is 22.8 Å². The quantitative estimate of drug-likeness (QED) is 0.797. The second kappa shape index (κ2) is 7.01. The lowest BCUT2D eigenvalue weighted by molar-refractivity contribution is -0.144. The number of H-pyrrole nitrogens is 1. The number of fused-ring (bicyclic) bond motifs is 2. The number of hydrogen-bond acceptors (Lipinski definition) is 3. The van der Waals surface area contributed by atoms with E-state index in [0.29, 0.717) is 11.5 Å². The molecule has 29 heavy (non-hydrogen) atoms. The van der Waals surface area contributed by atoms with E-state index in [1.807, 2.05) is 18.2 Å². The highest BCUT2D eigenvalue weighted by atomic mass is 16.2. The van der Waals surface area contributed by atoms with Crippen LogP contribution in [0.3, 0.4) is 0 Å². The maximum absolute atomic E-state index is 13.4. The van der Waals surface area contributed by atoms with Crippen molar-refractivity contribution in [2.45, 2.75) is 45.1 Å². The Balaban J connectivity index is 1.34. The molecule has 6 nitrogen and oxygen atoms in total. The first-order valence-corrected chi connectivity index (χ1v) is 10.7. The fourth-order valence-electron chi connectivity index (χ4n) is 5.46. The third kappa shape index (κ3) is 3.05. The number of para-hydroxylation sites is 1. The monoisotopic (exact) mass is 392 g/mol. The molecule has 1 aromatic carbocycles. The lowest BCUT2D eigenvalue weighted by Gasteiger charge is -2.48. The molecule has 2 unspecified atom stereocenters. The summed E-state index contributed by atoms with van der Waals surface area (Å²) in [5.41, 5.74) is 2.04. The van der Waals surface area contributed by atoms with Crippen LogP contribution in [0, 0.1) is 11.3 Å². The number of aromatic nitrogens is 2. The Kier molecular flexibility index (Phi) is 4.45. The van der Waals surface area contributed by atoms with Crippen LogP contribution in [0.4, 0.5) is 0 Å². The lowest BCUT2D eigenvalue weighted by Crippen LogP contribution is -2.58. The van der Waals surface area contributed by atoms with Gasteiger partial charge < -0.3 is 14.8 Å². The molecule has 3 aliphatic rings. The molecule has 2 atom stereocenters. The van der Waals surface area contributed by atoms with Gasteiger partial charge in [-0.25, -0.2) is 4.98 Å². The van der Waals surface area contributed by atoms with Crippen LogP contribution in [0.5, 0.6) is 0 Å². The van der Waals surface area contributed by atoms with Gasteiger partial charge in [0.2, 0.25) is 5.91 Å². The minimum Gasteiger partial charge on any atom is -0.345 e. The molecule has 6 heteroatoms. The SMILES string of the molecule is CC1(C(=O)N2CCC3C(CCCN3C(=O)c3cccc4[nH]cnc34)C2)CC=CC1. The molecule has 1 aliphatic carbocycles. The van der Waals surface area contributed by atoms with Crippen LogP contribution in [-0.2, 0) is 4.79 Å². The zero-order chi connectivity index (χ0) is 20.0. The van der Waals surface area contributed by atoms with Crippen LogP contribution in [-0.4, -0.2) is 57.3 Å². The highest BCUT2D eigenvalue weighted by Gasteiger charge is 2.43. The van der Waals surface area contributed by atoms with Gasteiger partial charge in [0.1, 0.15) is 5.52 Å². The molecule has 0 spiro atoms. The van der Waals surface area contributed by atoms with Crippen molar-refractivity contribution in [3.63, 3.8) is 0 Å². The largest absolute Gasteiger partial charge is 0.345 e. The van der Waals surface area contributed by atoms with Crippen LogP contribution < -0.4 is 0 Å². The molecule has 0 bridgehead atoms. The fraction of sp³-hybridized carbons (Fsp3) is 0.522. The van der Waals surface area contributed by atoms with E-state index in [1.165, 1.54) is 0 Å². The molecule has 5 rings (SSSR count). The van der Waals surface area contributed by atoms with Crippen LogP contribution in [0.2, 0.25) is 0 Å². The van der Waals surface area contributed by atoms with Gasteiger partial charge in [-0.15, -0.1) is 0 Å². The summed E-state index contributed by atoms with van der Waals surface area (Å²) < 4.78 is 0. The molecule has 0 saturated carbocycles. The van der Waals surface area contributed by atoms with Gasteiger partial charge >= 0.3 is 0 Å². The van der Waals surface area contributed by atoms with Crippen LogP contribution in [0.1, 0.15) is 49.4 Å². The fourth-order valence-corrected chi connectivity index (χ4v) is 5.46. The molecule has 2 fully saturated rings. The van der Waals surface area contributed by atoms with Crippen molar-refractivity contribution in [1.82, 2.24) is 19.8 Å². The summed E-state index contributed by atoms with van der Waals surface area (Å²) in [6, 6.07) is 5.94. The summed E-state index contributed by atoms with van der Waals surface area (Å²) in [7, 11) is 0.